The first kappa shape index (κ1) is 19.5. The number of hydrogen-bond acceptors (Lipinski definition) is 5. The molecule has 0 saturated carbocycles. The minimum Gasteiger partial charge on any atom is -0.454 e. The van der Waals surface area contributed by atoms with Crippen molar-refractivity contribution >= 4 is 38.7 Å². The molecule has 0 fully saturated rings. The second kappa shape index (κ2) is 8.03. The van der Waals surface area contributed by atoms with E-state index in [1.54, 1.807) is 17.6 Å². The van der Waals surface area contributed by atoms with E-state index in [0.717, 1.165) is 38.2 Å². The Hall–Kier alpha value is -4.23. The van der Waals surface area contributed by atoms with Crippen molar-refractivity contribution in [3.63, 3.8) is 0 Å². The molecule has 0 N–H and O–H groups in total. The van der Waals surface area contributed by atoms with Crippen molar-refractivity contribution < 1.29 is 4.42 Å². The smallest absolute Gasteiger partial charge is 0.211 e. The van der Waals surface area contributed by atoms with Gasteiger partial charge in [0.2, 0.25) is 4.80 Å². The molecule has 6 rings (SSSR count). The molecule has 6 aromatic rings. The number of fused-ring (bicyclic) bond motifs is 2. The van der Waals surface area contributed by atoms with Crippen molar-refractivity contribution in [3.05, 3.63) is 101 Å². The average Bonchev–Trinajstić information content (AvgIpc) is 3.55. The van der Waals surface area contributed by atoms with Gasteiger partial charge in [-0.3, -0.25) is 0 Å². The first-order valence-electron chi connectivity index (χ1n) is 10.5. The summed E-state index contributed by atoms with van der Waals surface area (Å²) in [7, 11) is 2.00. The lowest BCUT2D eigenvalue weighted by Gasteiger charge is -1.98. The number of benzene rings is 3. The number of para-hydroxylation sites is 3. The van der Waals surface area contributed by atoms with Crippen LogP contribution in [-0.2, 0) is 7.05 Å². The van der Waals surface area contributed by atoms with Gasteiger partial charge in [-0.05, 0) is 36.4 Å². The van der Waals surface area contributed by atoms with Gasteiger partial charge in [0.1, 0.15) is 11.3 Å². The lowest BCUT2D eigenvalue weighted by Crippen LogP contribution is -2.08. The molecule has 0 spiro atoms. The summed E-state index contributed by atoms with van der Waals surface area (Å²) in [5.74, 6) is 0.694. The molecule has 3 aromatic carbocycles. The molecule has 0 amide bonds. The Bertz CT molecular complexity index is 1650. The zero-order valence-electron chi connectivity index (χ0n) is 17.8. The fourth-order valence-electron chi connectivity index (χ4n) is 3.80. The molecule has 0 saturated heterocycles. The quantitative estimate of drug-likeness (QED) is 0.253. The second-order valence-electron chi connectivity index (χ2n) is 7.62. The molecule has 160 valence electrons. The van der Waals surface area contributed by atoms with Crippen LogP contribution in [0.5, 0.6) is 0 Å². The molecule has 0 aliphatic rings. The van der Waals surface area contributed by atoms with Gasteiger partial charge in [0.05, 0.1) is 22.1 Å². The Morgan fingerprint density at radius 2 is 1.73 bits per heavy atom. The number of rotatable bonds is 4. The van der Waals surface area contributed by atoms with Gasteiger partial charge >= 0.3 is 0 Å². The summed E-state index contributed by atoms with van der Waals surface area (Å²) in [6.07, 6.45) is 3.68. The third-order valence-corrected chi connectivity index (χ3v) is 6.58. The molecule has 0 bridgehead atoms. The molecular formula is C26H19N5OS. The molecule has 0 unspecified atom stereocenters. The van der Waals surface area contributed by atoms with E-state index in [2.05, 4.69) is 22.3 Å². The fraction of sp³-hybridized carbons (Fsp3) is 0.0385. The summed E-state index contributed by atoms with van der Waals surface area (Å²) in [5.41, 5.74) is 4.46. The summed E-state index contributed by atoms with van der Waals surface area (Å²) < 4.78 is 11.2. The zero-order chi connectivity index (χ0) is 22.2. The number of thiazole rings is 1. The van der Waals surface area contributed by atoms with Crippen molar-refractivity contribution in [1.82, 2.24) is 14.3 Å². The minimum atomic E-state index is 0.694. The summed E-state index contributed by atoms with van der Waals surface area (Å²) >= 11 is 1.61. The van der Waals surface area contributed by atoms with Crippen LogP contribution in [-0.4, -0.2) is 20.6 Å². The third-order valence-electron chi connectivity index (χ3n) is 5.48. The predicted molar refractivity (Wildman–Crippen MR) is 133 cm³/mol. The van der Waals surface area contributed by atoms with Crippen LogP contribution >= 0.6 is 11.3 Å². The van der Waals surface area contributed by atoms with Crippen LogP contribution in [0.25, 0.3) is 38.3 Å². The highest BCUT2D eigenvalue weighted by Crippen LogP contribution is 2.29. The van der Waals surface area contributed by atoms with Crippen molar-refractivity contribution in [3.8, 4) is 17.1 Å². The van der Waals surface area contributed by atoms with E-state index in [4.69, 9.17) is 9.52 Å². The fourth-order valence-corrected chi connectivity index (χ4v) is 4.78. The van der Waals surface area contributed by atoms with Crippen molar-refractivity contribution in [2.24, 2.45) is 17.3 Å². The van der Waals surface area contributed by atoms with Gasteiger partial charge in [-0.15, -0.1) is 5.10 Å². The van der Waals surface area contributed by atoms with Gasteiger partial charge < -0.3 is 8.98 Å². The van der Waals surface area contributed by atoms with Gasteiger partial charge in [-0.1, -0.05) is 59.9 Å². The van der Waals surface area contributed by atoms with Crippen LogP contribution in [0, 0.1) is 0 Å². The molecule has 33 heavy (non-hydrogen) atoms. The number of aromatic nitrogens is 3. The lowest BCUT2D eigenvalue weighted by molar-refractivity contribution is 0.627. The minimum absolute atomic E-state index is 0.694. The Balaban J connectivity index is 1.45. The Morgan fingerprint density at radius 1 is 0.939 bits per heavy atom. The zero-order valence-corrected chi connectivity index (χ0v) is 18.6. The van der Waals surface area contributed by atoms with Crippen molar-refractivity contribution in [2.45, 2.75) is 0 Å². The maximum absolute atomic E-state index is 6.10. The largest absolute Gasteiger partial charge is 0.454 e. The number of hydrogen-bond donors (Lipinski definition) is 0. The molecule has 3 aromatic heterocycles. The standard InChI is InChI=1S/C26H19N5OS/c1-30-21-12-6-8-14-24(21)33-26(30)28-27-16-19-17-31(20-10-3-2-4-11-20)29-25(19)23-15-18-9-5-7-13-22(18)32-23/h2-17H,1H3. The maximum atomic E-state index is 6.10. The van der Waals surface area contributed by atoms with Gasteiger partial charge in [-0.2, -0.15) is 10.2 Å². The van der Waals surface area contributed by atoms with Crippen LogP contribution in [0.2, 0.25) is 0 Å². The highest BCUT2D eigenvalue weighted by molar-refractivity contribution is 7.16. The Labute approximate surface area is 193 Å². The summed E-state index contributed by atoms with van der Waals surface area (Å²) in [6.45, 7) is 0. The molecule has 0 aliphatic carbocycles. The first-order valence-corrected chi connectivity index (χ1v) is 11.3. The van der Waals surface area contributed by atoms with Crippen LogP contribution in [0.15, 0.2) is 106 Å². The molecule has 3 heterocycles. The Morgan fingerprint density at radius 3 is 2.58 bits per heavy atom. The second-order valence-corrected chi connectivity index (χ2v) is 8.63. The molecule has 0 aliphatic heterocycles. The average molecular weight is 450 g/mol. The topological polar surface area (TPSA) is 60.6 Å². The normalized spacial score (nSPS) is 12.5. The summed E-state index contributed by atoms with van der Waals surface area (Å²) in [4.78, 5) is 0.827. The van der Waals surface area contributed by atoms with Crippen LogP contribution < -0.4 is 4.80 Å². The molecule has 7 heteroatoms. The number of nitrogens with zero attached hydrogens (tertiary/aromatic N) is 5. The van der Waals surface area contributed by atoms with Crippen LogP contribution in [0.3, 0.4) is 0 Å². The number of furan rings is 1. The highest BCUT2D eigenvalue weighted by atomic mass is 32.1. The van der Waals surface area contributed by atoms with Gasteiger partial charge in [0, 0.05) is 24.2 Å². The summed E-state index contributed by atoms with van der Waals surface area (Å²) in [5, 5.41) is 14.7. The molecular weight excluding hydrogens is 430 g/mol. The van der Waals surface area contributed by atoms with Crippen molar-refractivity contribution in [1.29, 1.82) is 0 Å². The maximum Gasteiger partial charge on any atom is 0.211 e. The van der Waals surface area contributed by atoms with E-state index < -0.39 is 0 Å². The third kappa shape index (κ3) is 3.58. The number of aryl methyl sites for hydroxylation is 1. The van der Waals surface area contributed by atoms with Crippen LogP contribution in [0.1, 0.15) is 5.56 Å². The van der Waals surface area contributed by atoms with E-state index in [0.29, 0.717) is 5.76 Å². The molecule has 6 nitrogen and oxygen atoms in total. The summed E-state index contributed by atoms with van der Waals surface area (Å²) in [6, 6.07) is 28.2. The van der Waals surface area contributed by atoms with Gasteiger partial charge in [-0.25, -0.2) is 4.68 Å². The van der Waals surface area contributed by atoms with Gasteiger partial charge in [0.25, 0.3) is 0 Å². The van der Waals surface area contributed by atoms with Gasteiger partial charge in [0.15, 0.2) is 5.76 Å². The molecule has 0 radical (unpaired) electrons. The lowest BCUT2D eigenvalue weighted by atomic mass is 10.2. The van der Waals surface area contributed by atoms with E-state index in [-0.39, 0.29) is 0 Å². The monoisotopic (exact) mass is 449 g/mol. The predicted octanol–water partition coefficient (Wildman–Crippen LogP) is 5.77. The van der Waals surface area contributed by atoms with E-state index >= 15 is 0 Å². The van der Waals surface area contributed by atoms with E-state index in [1.165, 1.54) is 4.70 Å². The van der Waals surface area contributed by atoms with E-state index in [1.807, 2.05) is 95.3 Å². The van der Waals surface area contributed by atoms with E-state index in [9.17, 15) is 0 Å². The van der Waals surface area contributed by atoms with Crippen molar-refractivity contribution in [2.75, 3.05) is 0 Å². The SMILES string of the molecule is Cn1c(=NN=Cc2cn(-c3ccccc3)nc2-c2cc3ccccc3o2)sc2ccccc21. The molecule has 0 atom stereocenters. The Kier molecular flexibility index (Phi) is 4.74. The highest BCUT2D eigenvalue weighted by Gasteiger charge is 2.15. The van der Waals surface area contributed by atoms with Crippen LogP contribution in [0.4, 0.5) is 0 Å². The first-order chi connectivity index (χ1) is 16.3.